The molecule has 0 fully saturated rings. The Bertz CT molecular complexity index is 691. The van der Waals surface area contributed by atoms with Crippen LogP contribution in [0.3, 0.4) is 0 Å². The van der Waals surface area contributed by atoms with Gasteiger partial charge in [-0.3, -0.25) is 4.79 Å². The lowest BCUT2D eigenvalue weighted by atomic mass is 9.92. The number of anilines is 1. The van der Waals surface area contributed by atoms with E-state index in [0.717, 1.165) is 21.3 Å². The molecule has 1 atom stereocenters. The van der Waals surface area contributed by atoms with Crippen molar-refractivity contribution in [1.29, 1.82) is 0 Å². The molecule has 2 aromatic rings. The van der Waals surface area contributed by atoms with E-state index in [1.807, 2.05) is 67.5 Å². The Morgan fingerprint density at radius 2 is 1.68 bits per heavy atom. The monoisotopic (exact) mass is 447 g/mol. The fraction of sp³-hybridized carbons (Fsp3) is 0.278. The summed E-state index contributed by atoms with van der Waals surface area (Å²) in [6, 6.07) is 15.5. The van der Waals surface area contributed by atoms with Crippen molar-refractivity contribution < 1.29 is 4.79 Å². The van der Waals surface area contributed by atoms with Crippen molar-refractivity contribution in [1.82, 2.24) is 5.32 Å². The third kappa shape index (κ3) is 5.89. The Hall–Kier alpha value is -1.27. The first-order valence-electron chi connectivity index (χ1n) is 7.41. The van der Waals surface area contributed by atoms with E-state index in [1.54, 1.807) is 6.92 Å². The second-order valence-electron chi connectivity index (χ2n) is 5.92. The largest absolute Gasteiger partial charge is 0.377 e. The maximum atomic E-state index is 12.5. The predicted octanol–water partition coefficient (Wildman–Crippen LogP) is 3.85. The number of nitrogens with zero attached hydrogens (tertiary/aromatic N) is 1. The number of para-hydroxylation sites is 1. The number of halogens is 3. The molecule has 1 unspecified atom stereocenters. The van der Waals surface area contributed by atoms with Crippen LogP contribution in [0.2, 0.25) is 0 Å². The van der Waals surface area contributed by atoms with Crippen LogP contribution in [0.15, 0.2) is 53.0 Å². The van der Waals surface area contributed by atoms with Crippen LogP contribution in [0.25, 0.3) is 0 Å². The zero-order valence-electron chi connectivity index (χ0n) is 14.5. The Morgan fingerprint density at radius 3 is 2.24 bits per heavy atom. The van der Waals surface area contributed by atoms with Crippen LogP contribution in [0, 0.1) is 0 Å². The van der Waals surface area contributed by atoms with Gasteiger partial charge in [-0.15, -0.1) is 24.8 Å². The highest BCUT2D eigenvalue weighted by Crippen LogP contribution is 2.22. The highest BCUT2D eigenvalue weighted by atomic mass is 79.9. The van der Waals surface area contributed by atoms with Crippen LogP contribution < -0.4 is 16.0 Å². The van der Waals surface area contributed by atoms with Crippen molar-refractivity contribution in [3.8, 4) is 0 Å². The van der Waals surface area contributed by atoms with E-state index in [4.69, 9.17) is 5.73 Å². The molecule has 1 amide bonds. The zero-order chi connectivity index (χ0) is 17.0. The summed E-state index contributed by atoms with van der Waals surface area (Å²) in [5.41, 5.74) is 8.09. The second-order valence-corrected chi connectivity index (χ2v) is 6.83. The summed E-state index contributed by atoms with van der Waals surface area (Å²) in [4.78, 5) is 14.6. The van der Waals surface area contributed by atoms with Gasteiger partial charge >= 0.3 is 0 Å². The fourth-order valence-corrected chi connectivity index (χ4v) is 2.65. The van der Waals surface area contributed by atoms with Crippen molar-refractivity contribution in [2.75, 3.05) is 19.0 Å². The van der Waals surface area contributed by atoms with Crippen LogP contribution in [0.4, 0.5) is 5.69 Å². The Morgan fingerprint density at radius 1 is 1.12 bits per heavy atom. The zero-order valence-corrected chi connectivity index (χ0v) is 17.7. The molecule has 0 aliphatic rings. The summed E-state index contributed by atoms with van der Waals surface area (Å²) in [5, 5.41) is 2.95. The van der Waals surface area contributed by atoms with Gasteiger partial charge in [-0.25, -0.2) is 0 Å². The van der Waals surface area contributed by atoms with E-state index in [0.29, 0.717) is 6.54 Å². The Balaban J connectivity index is 0.00000288. The number of carbonyl (C=O) groups is 1. The number of benzene rings is 2. The summed E-state index contributed by atoms with van der Waals surface area (Å²) in [6.45, 7) is 2.17. The molecule has 4 nitrogen and oxygen atoms in total. The van der Waals surface area contributed by atoms with Crippen LogP contribution in [0.5, 0.6) is 0 Å². The molecular formula is C18H24BrCl2N3O. The number of nitrogens with two attached hydrogens (primary N) is 1. The van der Waals surface area contributed by atoms with Crippen molar-refractivity contribution in [2.24, 2.45) is 5.73 Å². The van der Waals surface area contributed by atoms with Crippen molar-refractivity contribution in [2.45, 2.75) is 19.0 Å². The fourth-order valence-electron chi connectivity index (χ4n) is 2.38. The highest BCUT2D eigenvalue weighted by Gasteiger charge is 2.30. The summed E-state index contributed by atoms with van der Waals surface area (Å²) in [5.74, 6) is -0.201. The highest BCUT2D eigenvalue weighted by molar-refractivity contribution is 9.10. The number of hydrogen-bond acceptors (Lipinski definition) is 3. The van der Waals surface area contributed by atoms with E-state index in [-0.39, 0.29) is 30.7 Å². The van der Waals surface area contributed by atoms with E-state index in [9.17, 15) is 4.79 Å². The lowest BCUT2D eigenvalue weighted by molar-refractivity contribution is -0.126. The van der Waals surface area contributed by atoms with Gasteiger partial charge in [0.25, 0.3) is 0 Å². The van der Waals surface area contributed by atoms with E-state index in [2.05, 4.69) is 21.2 Å². The summed E-state index contributed by atoms with van der Waals surface area (Å²) >= 11 is 3.39. The van der Waals surface area contributed by atoms with Gasteiger partial charge < -0.3 is 16.0 Å². The average Bonchev–Trinajstić information content (AvgIpc) is 2.53. The number of rotatable bonds is 5. The molecule has 25 heavy (non-hydrogen) atoms. The standard InChI is InChI=1S/C18H22BrN3O.2ClH/c1-18(20,14-8-10-15(19)11-9-14)17(23)21-12-13-6-4-5-7-16(13)22(2)3;;/h4-11H,12,20H2,1-3H3,(H,21,23);2*1H. The molecule has 0 bridgehead atoms. The average molecular weight is 449 g/mol. The number of amides is 1. The van der Waals surface area contributed by atoms with Crippen LogP contribution >= 0.6 is 40.7 Å². The van der Waals surface area contributed by atoms with Crippen LogP contribution in [-0.2, 0) is 16.9 Å². The molecule has 3 N–H and O–H groups in total. The topological polar surface area (TPSA) is 58.4 Å². The van der Waals surface area contributed by atoms with Gasteiger partial charge in [0.1, 0.15) is 5.54 Å². The van der Waals surface area contributed by atoms with Gasteiger partial charge in [-0.05, 0) is 36.2 Å². The van der Waals surface area contributed by atoms with Gasteiger partial charge in [0.05, 0.1) is 0 Å². The third-order valence-corrected chi connectivity index (χ3v) is 4.36. The van der Waals surface area contributed by atoms with Gasteiger partial charge in [0.2, 0.25) is 5.91 Å². The van der Waals surface area contributed by atoms with Gasteiger partial charge in [0, 0.05) is 30.8 Å². The normalized spacial score (nSPS) is 12.2. The maximum Gasteiger partial charge on any atom is 0.244 e. The Kier molecular flexibility index (Phi) is 9.51. The van der Waals surface area contributed by atoms with E-state index < -0.39 is 5.54 Å². The van der Waals surface area contributed by atoms with Gasteiger partial charge in [-0.1, -0.05) is 46.3 Å². The molecule has 7 heteroatoms. The number of nitrogens with one attached hydrogen (secondary N) is 1. The Labute approximate surface area is 170 Å². The van der Waals surface area contributed by atoms with E-state index in [1.165, 1.54) is 0 Å². The van der Waals surface area contributed by atoms with Gasteiger partial charge in [0.15, 0.2) is 0 Å². The predicted molar refractivity (Wildman–Crippen MR) is 113 cm³/mol. The summed E-state index contributed by atoms with van der Waals surface area (Å²) < 4.78 is 0.956. The molecule has 0 saturated heterocycles. The smallest absolute Gasteiger partial charge is 0.244 e. The van der Waals surface area contributed by atoms with Crippen molar-refractivity contribution in [3.05, 3.63) is 64.1 Å². The molecule has 0 radical (unpaired) electrons. The molecule has 0 heterocycles. The van der Waals surface area contributed by atoms with E-state index >= 15 is 0 Å². The summed E-state index contributed by atoms with van der Waals surface area (Å²) in [7, 11) is 3.96. The first kappa shape index (κ1) is 23.7. The second kappa shape index (κ2) is 10.0. The first-order chi connectivity index (χ1) is 10.8. The first-order valence-corrected chi connectivity index (χ1v) is 8.20. The minimum atomic E-state index is -1.08. The molecule has 0 aliphatic heterocycles. The lowest BCUT2D eigenvalue weighted by Gasteiger charge is -2.25. The SMILES string of the molecule is CN(C)c1ccccc1CNC(=O)C(C)(N)c1ccc(Br)cc1.Cl.Cl. The quantitative estimate of drug-likeness (QED) is 0.730. The molecule has 138 valence electrons. The lowest BCUT2D eigenvalue weighted by Crippen LogP contribution is -2.48. The molecule has 2 rings (SSSR count). The van der Waals surface area contributed by atoms with Crippen LogP contribution in [0.1, 0.15) is 18.1 Å². The molecule has 2 aromatic carbocycles. The molecule has 0 aromatic heterocycles. The number of carbonyl (C=O) groups excluding carboxylic acids is 1. The van der Waals surface area contributed by atoms with Crippen molar-refractivity contribution >= 4 is 52.3 Å². The van der Waals surface area contributed by atoms with Gasteiger partial charge in [-0.2, -0.15) is 0 Å². The minimum Gasteiger partial charge on any atom is -0.377 e. The number of hydrogen-bond donors (Lipinski definition) is 2. The molecule has 0 aliphatic carbocycles. The van der Waals surface area contributed by atoms with Crippen molar-refractivity contribution in [3.63, 3.8) is 0 Å². The molecule has 0 spiro atoms. The van der Waals surface area contributed by atoms with Crippen LogP contribution in [-0.4, -0.2) is 20.0 Å². The maximum absolute atomic E-state index is 12.5. The molecular weight excluding hydrogens is 425 g/mol. The summed E-state index contributed by atoms with van der Waals surface area (Å²) in [6.07, 6.45) is 0. The third-order valence-electron chi connectivity index (χ3n) is 3.83. The molecule has 0 saturated carbocycles. The minimum absolute atomic E-state index is 0.